The number of nitrogen functional groups attached to an aromatic ring is 1. The second-order valence-corrected chi connectivity index (χ2v) is 3.86. The van der Waals surface area contributed by atoms with E-state index in [1.54, 1.807) is 31.3 Å². The van der Waals surface area contributed by atoms with Crippen LogP contribution in [0, 0.1) is 0 Å². The van der Waals surface area contributed by atoms with E-state index in [4.69, 9.17) is 15.3 Å². The van der Waals surface area contributed by atoms with E-state index in [2.05, 4.69) is 0 Å². The van der Waals surface area contributed by atoms with E-state index in [9.17, 15) is 4.79 Å². The van der Waals surface area contributed by atoms with Gasteiger partial charge in [0.25, 0.3) is 5.91 Å². The Kier molecular flexibility index (Phi) is 3.01. The standard InChI is InChI=1S/C12H14N2O3/c1-14(4-5-15)12(16)11-7-8-6-9(13)2-3-10(8)17-11/h2-3,6-7,15H,4-5,13H2,1H3. The molecule has 1 heterocycles. The summed E-state index contributed by atoms with van der Waals surface area (Å²) in [6.07, 6.45) is 0. The smallest absolute Gasteiger partial charge is 0.289 e. The van der Waals surface area contributed by atoms with Crippen LogP contribution >= 0.6 is 0 Å². The highest BCUT2D eigenvalue weighted by atomic mass is 16.3. The summed E-state index contributed by atoms with van der Waals surface area (Å²) < 4.78 is 5.42. The Labute approximate surface area is 98.4 Å². The van der Waals surface area contributed by atoms with E-state index < -0.39 is 0 Å². The zero-order valence-electron chi connectivity index (χ0n) is 9.51. The third-order valence-electron chi connectivity index (χ3n) is 2.53. The molecule has 0 aliphatic heterocycles. The lowest BCUT2D eigenvalue weighted by atomic mass is 10.2. The van der Waals surface area contributed by atoms with Crippen molar-refractivity contribution in [2.45, 2.75) is 0 Å². The molecule has 1 aromatic heterocycles. The molecule has 0 bridgehead atoms. The summed E-state index contributed by atoms with van der Waals surface area (Å²) in [5.41, 5.74) is 6.90. The summed E-state index contributed by atoms with van der Waals surface area (Å²) in [6, 6.07) is 6.86. The van der Waals surface area contributed by atoms with Crippen LogP contribution in [0.4, 0.5) is 5.69 Å². The van der Waals surface area contributed by atoms with Crippen molar-refractivity contribution in [3.63, 3.8) is 0 Å². The van der Waals surface area contributed by atoms with Gasteiger partial charge in [-0.3, -0.25) is 4.79 Å². The van der Waals surface area contributed by atoms with E-state index >= 15 is 0 Å². The number of benzene rings is 1. The van der Waals surface area contributed by atoms with Gasteiger partial charge in [-0.1, -0.05) is 0 Å². The summed E-state index contributed by atoms with van der Waals surface area (Å²) >= 11 is 0. The topological polar surface area (TPSA) is 79.7 Å². The maximum atomic E-state index is 11.9. The Morgan fingerprint density at radius 1 is 1.47 bits per heavy atom. The monoisotopic (exact) mass is 234 g/mol. The Morgan fingerprint density at radius 3 is 2.94 bits per heavy atom. The number of hydrogen-bond donors (Lipinski definition) is 2. The van der Waals surface area contributed by atoms with Gasteiger partial charge in [0.15, 0.2) is 5.76 Å². The van der Waals surface area contributed by atoms with E-state index in [0.717, 1.165) is 5.39 Å². The van der Waals surface area contributed by atoms with E-state index in [-0.39, 0.29) is 24.8 Å². The van der Waals surface area contributed by atoms with Gasteiger partial charge in [0.05, 0.1) is 6.61 Å². The van der Waals surface area contributed by atoms with Gasteiger partial charge in [-0.2, -0.15) is 0 Å². The molecule has 17 heavy (non-hydrogen) atoms. The van der Waals surface area contributed by atoms with Gasteiger partial charge in [0, 0.05) is 24.7 Å². The maximum absolute atomic E-state index is 11.9. The fourth-order valence-electron chi connectivity index (χ4n) is 1.61. The predicted octanol–water partition coefficient (Wildman–Crippen LogP) is 1.08. The number of carbonyl (C=O) groups is 1. The Morgan fingerprint density at radius 2 is 2.24 bits per heavy atom. The fraction of sp³-hybridized carbons (Fsp3) is 0.250. The molecule has 0 spiro atoms. The normalized spacial score (nSPS) is 10.7. The van der Waals surface area contributed by atoms with Crippen molar-refractivity contribution in [3.8, 4) is 0 Å². The Balaban J connectivity index is 2.33. The first-order valence-corrected chi connectivity index (χ1v) is 5.27. The van der Waals surface area contributed by atoms with Gasteiger partial charge in [-0.15, -0.1) is 0 Å². The van der Waals surface area contributed by atoms with Gasteiger partial charge in [0.1, 0.15) is 5.58 Å². The summed E-state index contributed by atoms with van der Waals surface area (Å²) in [6.45, 7) is 0.202. The van der Waals surface area contributed by atoms with Crippen molar-refractivity contribution in [2.24, 2.45) is 0 Å². The van der Waals surface area contributed by atoms with Gasteiger partial charge in [-0.05, 0) is 24.3 Å². The first kappa shape index (κ1) is 11.5. The number of fused-ring (bicyclic) bond motifs is 1. The van der Waals surface area contributed by atoms with Crippen LogP contribution in [-0.4, -0.2) is 36.1 Å². The molecule has 90 valence electrons. The van der Waals surface area contributed by atoms with Crippen molar-refractivity contribution in [3.05, 3.63) is 30.0 Å². The maximum Gasteiger partial charge on any atom is 0.289 e. The molecule has 0 saturated heterocycles. The highest BCUT2D eigenvalue weighted by Crippen LogP contribution is 2.22. The highest BCUT2D eigenvalue weighted by Gasteiger charge is 2.16. The molecule has 0 aliphatic rings. The zero-order valence-corrected chi connectivity index (χ0v) is 9.51. The number of nitrogens with zero attached hydrogens (tertiary/aromatic N) is 1. The second-order valence-electron chi connectivity index (χ2n) is 3.86. The van der Waals surface area contributed by atoms with Crippen LogP contribution in [0.15, 0.2) is 28.7 Å². The Bertz CT molecular complexity index is 548. The van der Waals surface area contributed by atoms with Gasteiger partial charge in [0.2, 0.25) is 0 Å². The average Bonchev–Trinajstić information content (AvgIpc) is 2.71. The number of nitrogens with two attached hydrogens (primary N) is 1. The third-order valence-corrected chi connectivity index (χ3v) is 2.53. The number of aliphatic hydroxyl groups is 1. The molecule has 0 aliphatic carbocycles. The highest BCUT2D eigenvalue weighted by molar-refractivity contribution is 5.96. The molecular weight excluding hydrogens is 220 g/mol. The van der Waals surface area contributed by atoms with Crippen LogP contribution < -0.4 is 5.73 Å². The summed E-state index contributed by atoms with van der Waals surface area (Å²) in [5.74, 6) is -0.00429. The summed E-state index contributed by atoms with van der Waals surface area (Å²) in [5, 5.41) is 9.56. The minimum atomic E-state index is -0.256. The molecule has 2 rings (SSSR count). The average molecular weight is 234 g/mol. The molecule has 0 unspecified atom stereocenters. The number of likely N-dealkylation sites (N-methyl/N-ethyl adjacent to an activating group) is 1. The van der Waals surface area contributed by atoms with Crippen molar-refractivity contribution < 1.29 is 14.3 Å². The molecule has 1 amide bonds. The van der Waals surface area contributed by atoms with Crippen LogP contribution in [0.3, 0.4) is 0 Å². The zero-order chi connectivity index (χ0) is 12.4. The van der Waals surface area contributed by atoms with Crippen LogP contribution in [-0.2, 0) is 0 Å². The quantitative estimate of drug-likeness (QED) is 0.779. The second kappa shape index (κ2) is 4.47. The minimum Gasteiger partial charge on any atom is -0.451 e. The van der Waals surface area contributed by atoms with Crippen LogP contribution in [0.2, 0.25) is 0 Å². The lowest BCUT2D eigenvalue weighted by Crippen LogP contribution is -2.29. The van der Waals surface area contributed by atoms with Crippen molar-refractivity contribution >= 4 is 22.6 Å². The molecule has 0 atom stereocenters. The SMILES string of the molecule is CN(CCO)C(=O)c1cc2cc(N)ccc2o1. The van der Waals surface area contributed by atoms with Gasteiger partial charge >= 0.3 is 0 Å². The molecule has 1 aromatic carbocycles. The largest absolute Gasteiger partial charge is 0.451 e. The van der Waals surface area contributed by atoms with Gasteiger partial charge < -0.3 is 20.2 Å². The molecule has 0 saturated carbocycles. The van der Waals surface area contributed by atoms with E-state index in [0.29, 0.717) is 11.3 Å². The number of anilines is 1. The van der Waals surface area contributed by atoms with Crippen molar-refractivity contribution in [2.75, 3.05) is 25.9 Å². The minimum absolute atomic E-state index is 0.0740. The lowest BCUT2D eigenvalue weighted by Gasteiger charge is -2.13. The number of carbonyl (C=O) groups excluding carboxylic acids is 1. The van der Waals surface area contributed by atoms with Crippen LogP contribution in [0.25, 0.3) is 11.0 Å². The van der Waals surface area contributed by atoms with Gasteiger partial charge in [-0.25, -0.2) is 0 Å². The third kappa shape index (κ3) is 2.24. The van der Waals surface area contributed by atoms with Crippen LogP contribution in [0.1, 0.15) is 10.6 Å². The summed E-state index contributed by atoms with van der Waals surface area (Å²) in [4.78, 5) is 13.3. The molecular formula is C12H14N2O3. The number of amides is 1. The Hall–Kier alpha value is -2.01. The first-order valence-electron chi connectivity index (χ1n) is 5.27. The molecule has 0 fully saturated rings. The number of aliphatic hydroxyl groups excluding tert-OH is 1. The molecule has 2 aromatic rings. The molecule has 5 nitrogen and oxygen atoms in total. The lowest BCUT2D eigenvalue weighted by molar-refractivity contribution is 0.0738. The summed E-state index contributed by atoms with van der Waals surface area (Å²) in [7, 11) is 1.61. The number of rotatable bonds is 3. The number of hydrogen-bond acceptors (Lipinski definition) is 4. The first-order chi connectivity index (χ1) is 8.11. The van der Waals surface area contributed by atoms with E-state index in [1.165, 1.54) is 4.90 Å². The number of furan rings is 1. The molecule has 5 heteroatoms. The van der Waals surface area contributed by atoms with E-state index in [1.807, 2.05) is 0 Å². The predicted molar refractivity (Wildman–Crippen MR) is 64.7 cm³/mol. The van der Waals surface area contributed by atoms with Crippen LogP contribution in [0.5, 0.6) is 0 Å². The van der Waals surface area contributed by atoms with Crippen molar-refractivity contribution in [1.82, 2.24) is 4.90 Å². The van der Waals surface area contributed by atoms with Crippen molar-refractivity contribution in [1.29, 1.82) is 0 Å². The fourth-order valence-corrected chi connectivity index (χ4v) is 1.61. The molecule has 0 radical (unpaired) electrons. The molecule has 3 N–H and O–H groups in total.